The number of hydrogen-bond donors (Lipinski definition) is 1. The van der Waals surface area contributed by atoms with Crippen LogP contribution in [0, 0.1) is 0 Å². The summed E-state index contributed by atoms with van der Waals surface area (Å²) in [6.07, 6.45) is 7.05. The molecule has 0 atom stereocenters. The highest BCUT2D eigenvalue weighted by Crippen LogP contribution is 2.38. The summed E-state index contributed by atoms with van der Waals surface area (Å²) in [6, 6.07) is 0. The quantitative estimate of drug-likeness (QED) is 0.932. The van der Waals surface area contributed by atoms with Crippen LogP contribution in [0.1, 0.15) is 70.2 Å². The first kappa shape index (κ1) is 15.4. The van der Waals surface area contributed by atoms with Crippen molar-refractivity contribution in [1.29, 1.82) is 0 Å². The lowest BCUT2D eigenvalue weighted by molar-refractivity contribution is 0.0575. The predicted molar refractivity (Wildman–Crippen MR) is 88.2 cm³/mol. The molecular weight excluding hydrogens is 276 g/mol. The Morgan fingerprint density at radius 2 is 2.05 bits per heavy atom. The number of aromatic nitrogens is 2. The summed E-state index contributed by atoms with van der Waals surface area (Å²) in [5, 5.41) is 7.90. The summed E-state index contributed by atoms with van der Waals surface area (Å²) < 4.78 is 1.99. The highest BCUT2D eigenvalue weighted by molar-refractivity contribution is 5.99. The second-order valence-electron chi connectivity index (χ2n) is 7.30. The summed E-state index contributed by atoms with van der Waals surface area (Å²) in [7, 11) is 0. The zero-order chi connectivity index (χ0) is 16.0. The van der Waals surface area contributed by atoms with Gasteiger partial charge in [0.25, 0.3) is 5.91 Å². The van der Waals surface area contributed by atoms with Gasteiger partial charge in [0.05, 0.1) is 11.7 Å². The number of carbonyl (C=O) groups excluding carboxylic acids is 1. The monoisotopic (exact) mass is 304 g/mol. The van der Waals surface area contributed by atoms with E-state index in [2.05, 4.69) is 43.0 Å². The Hall–Kier alpha value is -1.52. The van der Waals surface area contributed by atoms with Gasteiger partial charge in [-0.15, -0.1) is 0 Å². The minimum Gasteiger partial charge on any atom is -0.370 e. The van der Waals surface area contributed by atoms with Crippen molar-refractivity contribution in [3.63, 3.8) is 0 Å². The van der Waals surface area contributed by atoms with Crippen molar-refractivity contribution in [1.82, 2.24) is 14.7 Å². The molecule has 5 nitrogen and oxygen atoms in total. The van der Waals surface area contributed by atoms with Gasteiger partial charge in [-0.1, -0.05) is 13.8 Å². The molecule has 1 fully saturated rings. The number of rotatable bonds is 3. The smallest absolute Gasteiger partial charge is 0.259 e. The molecule has 0 spiro atoms. The van der Waals surface area contributed by atoms with E-state index in [-0.39, 0.29) is 17.0 Å². The fourth-order valence-electron chi connectivity index (χ4n) is 4.11. The van der Waals surface area contributed by atoms with Gasteiger partial charge in [-0.2, -0.15) is 5.10 Å². The van der Waals surface area contributed by atoms with E-state index in [1.807, 2.05) is 4.68 Å². The summed E-state index contributed by atoms with van der Waals surface area (Å²) in [5.74, 6) is 1.04. The third-order valence-corrected chi connectivity index (χ3v) is 5.76. The van der Waals surface area contributed by atoms with Crippen LogP contribution in [0.4, 0.5) is 5.82 Å². The molecule has 0 saturated carbocycles. The summed E-state index contributed by atoms with van der Waals surface area (Å²) >= 11 is 0. The Morgan fingerprint density at radius 1 is 1.32 bits per heavy atom. The fraction of sp³-hybridized carbons (Fsp3) is 0.765. The first-order valence-corrected chi connectivity index (χ1v) is 8.59. The van der Waals surface area contributed by atoms with Crippen LogP contribution in [0.5, 0.6) is 0 Å². The van der Waals surface area contributed by atoms with Crippen molar-refractivity contribution in [2.24, 2.45) is 0 Å². The second kappa shape index (κ2) is 5.28. The van der Waals surface area contributed by atoms with Gasteiger partial charge in [-0.3, -0.25) is 4.79 Å². The van der Waals surface area contributed by atoms with Gasteiger partial charge in [0.2, 0.25) is 0 Å². The van der Waals surface area contributed by atoms with Crippen LogP contribution in [0.25, 0.3) is 0 Å². The molecule has 2 aliphatic heterocycles. The van der Waals surface area contributed by atoms with Crippen LogP contribution in [0.2, 0.25) is 0 Å². The predicted octanol–water partition coefficient (Wildman–Crippen LogP) is 3.23. The third-order valence-electron chi connectivity index (χ3n) is 5.76. The number of anilines is 1. The van der Waals surface area contributed by atoms with Crippen LogP contribution in [-0.2, 0) is 5.54 Å². The first-order chi connectivity index (χ1) is 10.4. The Bertz CT molecular complexity index is 571. The molecule has 1 aromatic rings. The van der Waals surface area contributed by atoms with Gasteiger partial charge in [-0.25, -0.2) is 4.68 Å². The van der Waals surface area contributed by atoms with E-state index in [0.717, 1.165) is 56.6 Å². The van der Waals surface area contributed by atoms with Crippen molar-refractivity contribution in [3.8, 4) is 0 Å². The van der Waals surface area contributed by atoms with Crippen molar-refractivity contribution in [2.45, 2.75) is 70.9 Å². The van der Waals surface area contributed by atoms with E-state index in [1.165, 1.54) is 0 Å². The van der Waals surface area contributed by atoms with Crippen LogP contribution in [-0.4, -0.2) is 39.2 Å². The molecule has 1 aromatic heterocycles. The topological polar surface area (TPSA) is 50.2 Å². The van der Waals surface area contributed by atoms with Gasteiger partial charge >= 0.3 is 0 Å². The molecule has 3 heterocycles. The molecule has 0 aliphatic carbocycles. The lowest BCUT2D eigenvalue weighted by atomic mass is 9.89. The lowest BCUT2D eigenvalue weighted by Gasteiger charge is -2.38. The Kier molecular flexibility index (Phi) is 3.69. The van der Waals surface area contributed by atoms with E-state index in [1.54, 1.807) is 6.20 Å². The molecule has 1 N–H and O–H groups in total. The van der Waals surface area contributed by atoms with Gasteiger partial charge in [0, 0.05) is 18.6 Å². The molecule has 22 heavy (non-hydrogen) atoms. The SMILES string of the molecule is CCC1(CC)CCCN1C(=O)c1cnn2c1NCCC2(C)C. The van der Waals surface area contributed by atoms with E-state index in [0.29, 0.717) is 0 Å². The lowest BCUT2D eigenvalue weighted by Crippen LogP contribution is -2.46. The molecule has 0 bridgehead atoms. The fourth-order valence-corrected chi connectivity index (χ4v) is 4.11. The highest BCUT2D eigenvalue weighted by Gasteiger charge is 2.42. The summed E-state index contributed by atoms with van der Waals surface area (Å²) in [5.41, 5.74) is 0.744. The molecular formula is C17H28N4O. The second-order valence-corrected chi connectivity index (χ2v) is 7.30. The van der Waals surface area contributed by atoms with Crippen LogP contribution >= 0.6 is 0 Å². The molecule has 5 heteroatoms. The molecule has 1 saturated heterocycles. The summed E-state index contributed by atoms with van der Waals surface area (Å²) in [4.78, 5) is 15.3. The third kappa shape index (κ3) is 2.13. The maximum Gasteiger partial charge on any atom is 0.259 e. The Labute approximate surface area is 133 Å². The van der Waals surface area contributed by atoms with E-state index in [9.17, 15) is 4.79 Å². The Morgan fingerprint density at radius 3 is 2.73 bits per heavy atom. The molecule has 0 radical (unpaired) electrons. The normalized spacial score (nSPS) is 22.3. The number of likely N-dealkylation sites (tertiary alicyclic amines) is 1. The maximum absolute atomic E-state index is 13.2. The minimum atomic E-state index is -0.0310. The van der Waals surface area contributed by atoms with Gasteiger partial charge in [0.15, 0.2) is 0 Å². The maximum atomic E-state index is 13.2. The number of carbonyl (C=O) groups is 1. The molecule has 3 rings (SSSR count). The standard InChI is InChI=1S/C17H28N4O/c1-5-17(6-2)8-7-11-20(17)15(22)13-12-19-21-14(13)18-10-9-16(21,3)4/h12,18H,5-11H2,1-4H3. The van der Waals surface area contributed by atoms with Crippen molar-refractivity contribution >= 4 is 11.7 Å². The zero-order valence-electron chi connectivity index (χ0n) is 14.3. The van der Waals surface area contributed by atoms with Gasteiger partial charge in [-0.05, 0) is 46.0 Å². The molecule has 1 amide bonds. The number of nitrogens with zero attached hydrogens (tertiary/aromatic N) is 3. The molecule has 0 aromatic carbocycles. The van der Waals surface area contributed by atoms with Crippen molar-refractivity contribution in [2.75, 3.05) is 18.4 Å². The summed E-state index contributed by atoms with van der Waals surface area (Å²) in [6.45, 7) is 10.5. The highest BCUT2D eigenvalue weighted by atomic mass is 16.2. The molecule has 2 aliphatic rings. The van der Waals surface area contributed by atoms with Gasteiger partial charge < -0.3 is 10.2 Å². The zero-order valence-corrected chi connectivity index (χ0v) is 14.3. The van der Waals surface area contributed by atoms with Crippen LogP contribution in [0.3, 0.4) is 0 Å². The Balaban J connectivity index is 1.96. The molecule has 0 unspecified atom stereocenters. The molecule has 122 valence electrons. The van der Waals surface area contributed by atoms with Gasteiger partial charge in [0.1, 0.15) is 11.4 Å². The van der Waals surface area contributed by atoms with Crippen LogP contribution in [0.15, 0.2) is 6.20 Å². The average molecular weight is 304 g/mol. The number of hydrogen-bond acceptors (Lipinski definition) is 3. The minimum absolute atomic E-state index is 0.0310. The average Bonchev–Trinajstić information content (AvgIpc) is 3.11. The van der Waals surface area contributed by atoms with E-state index in [4.69, 9.17) is 0 Å². The number of amides is 1. The van der Waals surface area contributed by atoms with Crippen LogP contribution < -0.4 is 5.32 Å². The number of fused-ring (bicyclic) bond motifs is 1. The van der Waals surface area contributed by atoms with E-state index < -0.39 is 0 Å². The number of nitrogens with one attached hydrogen (secondary N) is 1. The largest absolute Gasteiger partial charge is 0.370 e. The van der Waals surface area contributed by atoms with E-state index >= 15 is 0 Å². The first-order valence-electron chi connectivity index (χ1n) is 8.59. The van der Waals surface area contributed by atoms with Crippen molar-refractivity contribution < 1.29 is 4.79 Å². The van der Waals surface area contributed by atoms with Crippen molar-refractivity contribution in [3.05, 3.63) is 11.8 Å².